The number of imidazole rings is 1. The largest absolute Gasteiger partial charge is 0.320 e. The minimum atomic E-state index is -0.301. The first-order chi connectivity index (χ1) is 13.1. The zero-order valence-electron chi connectivity index (χ0n) is 14.1. The maximum atomic E-state index is 13.5. The summed E-state index contributed by atoms with van der Waals surface area (Å²) >= 11 is 4.64. The summed E-state index contributed by atoms with van der Waals surface area (Å²) in [6.07, 6.45) is 0. The fourth-order valence-corrected chi connectivity index (χ4v) is 4.27. The fourth-order valence-electron chi connectivity index (χ4n) is 3.04. The van der Waals surface area contributed by atoms with E-state index in [0.717, 1.165) is 33.3 Å². The third kappa shape index (κ3) is 2.74. The van der Waals surface area contributed by atoms with Crippen LogP contribution in [0.25, 0.3) is 26.6 Å². The Hall–Kier alpha value is -2.65. The van der Waals surface area contributed by atoms with Crippen LogP contribution in [0.2, 0.25) is 0 Å². The monoisotopic (exact) mass is 442 g/mol. The molecule has 3 aromatic heterocycles. The van der Waals surface area contributed by atoms with Gasteiger partial charge in [0, 0.05) is 5.56 Å². The second-order valence-electron chi connectivity index (χ2n) is 6.08. The summed E-state index contributed by atoms with van der Waals surface area (Å²) in [6.45, 7) is 2.49. The third-order valence-corrected chi connectivity index (χ3v) is 5.92. The van der Waals surface area contributed by atoms with Crippen LogP contribution in [0.4, 0.5) is 4.39 Å². The van der Waals surface area contributed by atoms with Crippen LogP contribution in [0.5, 0.6) is 0 Å². The number of hydrogen-bond donors (Lipinski definition) is 0. The Balaban J connectivity index is 1.57. The van der Waals surface area contributed by atoms with Crippen molar-refractivity contribution in [2.24, 2.45) is 0 Å². The lowest BCUT2D eigenvalue weighted by molar-refractivity contribution is 0.621. The number of fused-ring (bicyclic) bond motifs is 2. The second-order valence-corrected chi connectivity index (χ2v) is 7.89. The number of benzene rings is 2. The molecule has 0 spiro atoms. The summed E-state index contributed by atoms with van der Waals surface area (Å²) in [5.74, 6) is 1.33. The van der Waals surface area contributed by atoms with Gasteiger partial charge in [-0.2, -0.15) is 9.61 Å². The van der Waals surface area contributed by atoms with Gasteiger partial charge in [0.1, 0.15) is 16.6 Å². The van der Waals surface area contributed by atoms with E-state index in [4.69, 9.17) is 0 Å². The van der Waals surface area contributed by atoms with E-state index in [1.54, 1.807) is 16.6 Å². The molecular weight excluding hydrogens is 431 g/mol. The first kappa shape index (κ1) is 16.5. The molecule has 9 heteroatoms. The van der Waals surface area contributed by atoms with Gasteiger partial charge in [0.25, 0.3) is 0 Å². The number of rotatable bonds is 3. The summed E-state index contributed by atoms with van der Waals surface area (Å²) in [7, 11) is 0. The molecule has 5 rings (SSSR count). The molecule has 0 N–H and O–H groups in total. The van der Waals surface area contributed by atoms with Crippen LogP contribution in [0.1, 0.15) is 11.6 Å². The summed E-state index contributed by atoms with van der Waals surface area (Å²) in [5.41, 5.74) is 2.82. The summed E-state index contributed by atoms with van der Waals surface area (Å²) in [6, 6.07) is 12.8. The lowest BCUT2D eigenvalue weighted by Gasteiger charge is -2.04. The number of nitrogens with zero attached hydrogens (tertiary/aromatic N) is 6. The van der Waals surface area contributed by atoms with Crippen molar-refractivity contribution < 1.29 is 4.39 Å². The van der Waals surface area contributed by atoms with E-state index in [1.807, 2.05) is 31.2 Å². The fraction of sp³-hybridized carbons (Fsp3) is 0.111. The molecule has 0 fully saturated rings. The smallest absolute Gasteiger partial charge is 0.235 e. The molecule has 0 aliphatic heterocycles. The van der Waals surface area contributed by atoms with Gasteiger partial charge in [0.2, 0.25) is 4.96 Å². The Labute approximate surface area is 165 Å². The van der Waals surface area contributed by atoms with Crippen molar-refractivity contribution in [3.63, 3.8) is 0 Å². The van der Waals surface area contributed by atoms with E-state index in [2.05, 4.69) is 40.8 Å². The molecule has 0 unspecified atom stereocenters. The highest BCUT2D eigenvalue weighted by Crippen LogP contribution is 2.29. The van der Waals surface area contributed by atoms with Gasteiger partial charge in [-0.05, 0) is 53.2 Å². The SMILES string of the molecule is Cc1nc2ccccc2n1Cc1nnc2sc(-c3ccc(F)c(Br)c3)nn12. The molecule has 0 radical (unpaired) electrons. The van der Waals surface area contributed by atoms with E-state index in [9.17, 15) is 4.39 Å². The van der Waals surface area contributed by atoms with Crippen LogP contribution in [0, 0.1) is 12.7 Å². The van der Waals surface area contributed by atoms with Crippen molar-refractivity contribution in [2.45, 2.75) is 13.5 Å². The van der Waals surface area contributed by atoms with Crippen LogP contribution in [-0.4, -0.2) is 29.4 Å². The highest BCUT2D eigenvalue weighted by Gasteiger charge is 2.16. The quantitative estimate of drug-likeness (QED) is 0.413. The van der Waals surface area contributed by atoms with Gasteiger partial charge in [-0.1, -0.05) is 23.5 Å². The number of hydrogen-bond acceptors (Lipinski definition) is 5. The molecule has 0 amide bonds. The number of aromatic nitrogens is 6. The Kier molecular flexibility index (Phi) is 3.80. The minimum absolute atomic E-state index is 0.301. The van der Waals surface area contributed by atoms with Gasteiger partial charge >= 0.3 is 0 Å². The highest BCUT2D eigenvalue weighted by molar-refractivity contribution is 9.10. The Morgan fingerprint density at radius 3 is 2.85 bits per heavy atom. The number of halogens is 2. The predicted octanol–water partition coefficient (Wildman–Crippen LogP) is 4.46. The molecule has 134 valence electrons. The van der Waals surface area contributed by atoms with Gasteiger partial charge in [0.05, 0.1) is 22.1 Å². The van der Waals surface area contributed by atoms with Crippen molar-refractivity contribution >= 4 is 43.3 Å². The lowest BCUT2D eigenvalue weighted by Crippen LogP contribution is -2.06. The van der Waals surface area contributed by atoms with Crippen LogP contribution < -0.4 is 0 Å². The molecule has 0 aliphatic rings. The molecule has 0 saturated carbocycles. The van der Waals surface area contributed by atoms with Crippen LogP contribution in [-0.2, 0) is 6.54 Å². The van der Waals surface area contributed by atoms with Crippen molar-refractivity contribution in [3.8, 4) is 10.6 Å². The summed E-state index contributed by atoms with van der Waals surface area (Å²) in [5, 5.41) is 13.9. The maximum absolute atomic E-state index is 13.5. The van der Waals surface area contributed by atoms with Crippen molar-refractivity contribution in [3.05, 3.63) is 64.4 Å². The van der Waals surface area contributed by atoms with E-state index in [-0.39, 0.29) is 5.82 Å². The molecule has 0 atom stereocenters. The zero-order chi connectivity index (χ0) is 18.5. The van der Waals surface area contributed by atoms with E-state index < -0.39 is 0 Å². The highest BCUT2D eigenvalue weighted by atomic mass is 79.9. The molecule has 0 saturated heterocycles. The summed E-state index contributed by atoms with van der Waals surface area (Å²) in [4.78, 5) is 5.29. The zero-order valence-corrected chi connectivity index (χ0v) is 16.5. The van der Waals surface area contributed by atoms with Crippen LogP contribution in [0.3, 0.4) is 0 Å². The Morgan fingerprint density at radius 2 is 2.00 bits per heavy atom. The van der Waals surface area contributed by atoms with Crippen molar-refractivity contribution in [1.29, 1.82) is 0 Å². The van der Waals surface area contributed by atoms with Gasteiger partial charge < -0.3 is 4.57 Å². The van der Waals surface area contributed by atoms with E-state index >= 15 is 0 Å². The first-order valence-electron chi connectivity index (χ1n) is 8.18. The predicted molar refractivity (Wildman–Crippen MR) is 105 cm³/mol. The molecule has 5 aromatic rings. The number of aryl methyl sites for hydroxylation is 1. The first-order valence-corrected chi connectivity index (χ1v) is 9.79. The molecule has 2 aromatic carbocycles. The normalized spacial score (nSPS) is 11.7. The minimum Gasteiger partial charge on any atom is -0.320 e. The molecular formula is C18H12BrFN6S. The topological polar surface area (TPSA) is 60.9 Å². The molecule has 6 nitrogen and oxygen atoms in total. The average Bonchev–Trinajstić information content (AvgIpc) is 3.32. The van der Waals surface area contributed by atoms with Gasteiger partial charge in [-0.25, -0.2) is 9.37 Å². The second kappa shape index (κ2) is 6.21. The molecule has 0 bridgehead atoms. The van der Waals surface area contributed by atoms with Crippen LogP contribution >= 0.6 is 27.3 Å². The Bertz CT molecular complexity index is 1300. The third-order valence-electron chi connectivity index (χ3n) is 4.37. The van der Waals surface area contributed by atoms with Gasteiger partial charge in [-0.15, -0.1) is 10.2 Å². The van der Waals surface area contributed by atoms with Crippen LogP contribution in [0.15, 0.2) is 46.9 Å². The van der Waals surface area contributed by atoms with E-state index in [0.29, 0.717) is 16.0 Å². The van der Waals surface area contributed by atoms with Gasteiger partial charge in [0.15, 0.2) is 5.82 Å². The average molecular weight is 443 g/mol. The Morgan fingerprint density at radius 1 is 1.15 bits per heavy atom. The molecule has 3 heterocycles. The van der Waals surface area contributed by atoms with Crippen molar-refractivity contribution in [2.75, 3.05) is 0 Å². The number of para-hydroxylation sites is 2. The van der Waals surface area contributed by atoms with E-state index in [1.165, 1.54) is 17.4 Å². The van der Waals surface area contributed by atoms with Crippen molar-refractivity contribution in [1.82, 2.24) is 29.4 Å². The van der Waals surface area contributed by atoms with Gasteiger partial charge in [-0.3, -0.25) is 0 Å². The summed E-state index contributed by atoms with van der Waals surface area (Å²) < 4.78 is 17.7. The standard InChI is InChI=1S/C18H12BrFN6S/c1-10-21-14-4-2-3-5-15(14)25(10)9-16-22-23-18-26(16)24-17(27-18)11-6-7-13(20)12(19)8-11/h2-8H,9H2,1H3. The molecule has 27 heavy (non-hydrogen) atoms. The lowest BCUT2D eigenvalue weighted by atomic mass is 10.2. The molecule has 0 aliphatic carbocycles. The maximum Gasteiger partial charge on any atom is 0.235 e.